The van der Waals surface area contributed by atoms with Crippen molar-refractivity contribution >= 4 is 23.1 Å². The topological polar surface area (TPSA) is 59.3 Å². The first-order valence-electron chi connectivity index (χ1n) is 6.05. The highest BCUT2D eigenvalue weighted by atomic mass is 35.5. The summed E-state index contributed by atoms with van der Waals surface area (Å²) in [4.78, 5) is 16.4. The van der Waals surface area contributed by atoms with Crippen LogP contribution in [0.15, 0.2) is 36.4 Å². The zero-order valence-electron chi connectivity index (χ0n) is 11.2. The predicted octanol–water partition coefficient (Wildman–Crippen LogP) is 3.59. The fourth-order valence-electron chi connectivity index (χ4n) is 1.88. The highest BCUT2D eigenvalue weighted by Gasteiger charge is 2.19. The molecule has 0 unspecified atom stereocenters. The standard InChI is InChI=1S/C14H14ClN3O2/c1-10-3-5-11(6-4-10)9-17(2)14-12(18(19)20)7-8-13(15)16-14/h3-8H,9H2,1-2H3. The second-order valence-electron chi connectivity index (χ2n) is 4.58. The van der Waals surface area contributed by atoms with Crippen LogP contribution in [-0.4, -0.2) is 17.0 Å². The molecule has 1 aromatic carbocycles. The van der Waals surface area contributed by atoms with Crippen LogP contribution in [0.3, 0.4) is 0 Å². The Balaban J connectivity index is 2.28. The SMILES string of the molecule is Cc1ccc(CN(C)c2nc(Cl)ccc2[N+](=O)[O-])cc1. The van der Waals surface area contributed by atoms with Crippen LogP contribution in [0.25, 0.3) is 0 Å². The first-order valence-corrected chi connectivity index (χ1v) is 6.43. The summed E-state index contributed by atoms with van der Waals surface area (Å²) in [5.74, 6) is 0.267. The van der Waals surface area contributed by atoms with Crippen LogP contribution < -0.4 is 4.90 Å². The van der Waals surface area contributed by atoms with Gasteiger partial charge in [-0.15, -0.1) is 0 Å². The second-order valence-corrected chi connectivity index (χ2v) is 4.96. The van der Waals surface area contributed by atoms with E-state index in [4.69, 9.17) is 11.6 Å². The molecule has 0 fully saturated rings. The smallest absolute Gasteiger partial charge is 0.311 e. The predicted molar refractivity (Wildman–Crippen MR) is 79.2 cm³/mol. The van der Waals surface area contributed by atoms with E-state index < -0.39 is 4.92 Å². The zero-order valence-corrected chi connectivity index (χ0v) is 12.0. The van der Waals surface area contributed by atoms with Gasteiger partial charge in [-0.2, -0.15) is 0 Å². The number of pyridine rings is 1. The summed E-state index contributed by atoms with van der Waals surface area (Å²) < 4.78 is 0. The van der Waals surface area contributed by atoms with Gasteiger partial charge in [-0.25, -0.2) is 4.98 Å². The Morgan fingerprint density at radius 3 is 2.50 bits per heavy atom. The minimum Gasteiger partial charge on any atom is -0.350 e. The van der Waals surface area contributed by atoms with E-state index in [-0.39, 0.29) is 16.7 Å². The number of aryl methyl sites for hydroxylation is 1. The third-order valence-corrected chi connectivity index (χ3v) is 3.13. The maximum absolute atomic E-state index is 11.0. The zero-order chi connectivity index (χ0) is 14.7. The lowest BCUT2D eigenvalue weighted by Crippen LogP contribution is -2.19. The van der Waals surface area contributed by atoms with Gasteiger partial charge in [0.15, 0.2) is 0 Å². The number of halogens is 1. The van der Waals surface area contributed by atoms with Gasteiger partial charge in [-0.05, 0) is 18.6 Å². The average Bonchev–Trinajstić information content (AvgIpc) is 2.41. The maximum atomic E-state index is 11.0. The minimum absolute atomic E-state index is 0.0518. The van der Waals surface area contributed by atoms with E-state index in [1.165, 1.54) is 17.7 Å². The number of hydrogen-bond acceptors (Lipinski definition) is 4. The van der Waals surface area contributed by atoms with E-state index in [2.05, 4.69) is 4.98 Å². The average molecular weight is 292 g/mol. The van der Waals surface area contributed by atoms with Crippen LogP contribution in [0.1, 0.15) is 11.1 Å². The Kier molecular flexibility index (Phi) is 4.20. The van der Waals surface area contributed by atoms with Crippen molar-refractivity contribution in [2.75, 3.05) is 11.9 Å². The van der Waals surface area contributed by atoms with Crippen LogP contribution in [0.4, 0.5) is 11.5 Å². The van der Waals surface area contributed by atoms with Gasteiger partial charge in [0.05, 0.1) is 4.92 Å². The van der Waals surface area contributed by atoms with Crippen LogP contribution in [0.2, 0.25) is 5.15 Å². The molecule has 0 saturated heterocycles. The van der Waals surface area contributed by atoms with Crippen LogP contribution in [0.5, 0.6) is 0 Å². The highest BCUT2D eigenvalue weighted by molar-refractivity contribution is 6.29. The molecule has 6 heteroatoms. The second kappa shape index (κ2) is 5.88. The number of nitrogens with zero attached hydrogens (tertiary/aromatic N) is 3. The van der Waals surface area contributed by atoms with Gasteiger partial charge in [-0.1, -0.05) is 41.4 Å². The van der Waals surface area contributed by atoms with Gasteiger partial charge in [-0.3, -0.25) is 10.1 Å². The Hall–Kier alpha value is -2.14. The molecule has 0 amide bonds. The number of anilines is 1. The number of hydrogen-bond donors (Lipinski definition) is 0. The van der Waals surface area contributed by atoms with Gasteiger partial charge in [0.25, 0.3) is 0 Å². The summed E-state index contributed by atoms with van der Waals surface area (Å²) in [6, 6.07) is 10.8. The molecular weight excluding hydrogens is 278 g/mol. The monoisotopic (exact) mass is 291 g/mol. The van der Waals surface area contributed by atoms with Crippen molar-refractivity contribution in [3.8, 4) is 0 Å². The number of rotatable bonds is 4. The van der Waals surface area contributed by atoms with Gasteiger partial charge in [0.1, 0.15) is 5.15 Å². The van der Waals surface area contributed by atoms with Crippen LogP contribution >= 0.6 is 11.6 Å². The normalized spacial score (nSPS) is 10.3. The maximum Gasteiger partial charge on any atom is 0.311 e. The first kappa shape index (κ1) is 14.3. The molecular formula is C14H14ClN3O2. The van der Waals surface area contributed by atoms with Crippen molar-refractivity contribution in [2.45, 2.75) is 13.5 Å². The minimum atomic E-state index is -0.454. The Morgan fingerprint density at radius 2 is 1.90 bits per heavy atom. The first-order chi connectivity index (χ1) is 9.47. The van der Waals surface area contributed by atoms with E-state index in [0.29, 0.717) is 6.54 Å². The van der Waals surface area contributed by atoms with Crippen LogP contribution in [-0.2, 0) is 6.54 Å². The van der Waals surface area contributed by atoms with E-state index in [0.717, 1.165) is 5.56 Å². The van der Waals surface area contributed by atoms with Crippen molar-refractivity contribution in [3.63, 3.8) is 0 Å². The molecule has 1 aromatic heterocycles. The Morgan fingerprint density at radius 1 is 1.25 bits per heavy atom. The van der Waals surface area contributed by atoms with Crippen molar-refractivity contribution in [1.29, 1.82) is 0 Å². The number of aromatic nitrogens is 1. The van der Waals surface area contributed by atoms with Crippen molar-refractivity contribution in [2.24, 2.45) is 0 Å². The highest BCUT2D eigenvalue weighted by Crippen LogP contribution is 2.27. The summed E-state index contributed by atoms with van der Waals surface area (Å²) in [6.45, 7) is 2.53. The molecule has 104 valence electrons. The van der Waals surface area contributed by atoms with E-state index in [9.17, 15) is 10.1 Å². The van der Waals surface area contributed by atoms with Gasteiger partial charge >= 0.3 is 5.69 Å². The number of benzene rings is 1. The molecule has 1 heterocycles. The molecule has 20 heavy (non-hydrogen) atoms. The summed E-state index contributed by atoms with van der Waals surface area (Å²) >= 11 is 5.83. The molecule has 0 saturated carbocycles. The Labute approximate surface area is 122 Å². The molecule has 0 aliphatic rings. The molecule has 2 rings (SSSR count). The molecule has 5 nitrogen and oxygen atoms in total. The lowest BCUT2D eigenvalue weighted by molar-refractivity contribution is -0.384. The van der Waals surface area contributed by atoms with E-state index >= 15 is 0 Å². The summed E-state index contributed by atoms with van der Waals surface area (Å²) in [6.07, 6.45) is 0. The molecule has 0 atom stereocenters. The lowest BCUT2D eigenvalue weighted by Gasteiger charge is -2.18. The quantitative estimate of drug-likeness (QED) is 0.491. The molecule has 2 aromatic rings. The lowest BCUT2D eigenvalue weighted by atomic mass is 10.1. The molecule has 0 aliphatic carbocycles. The van der Waals surface area contributed by atoms with Gasteiger partial charge in [0.2, 0.25) is 5.82 Å². The molecule has 0 spiro atoms. The molecule has 0 N–H and O–H groups in total. The Bertz CT molecular complexity index is 629. The third kappa shape index (κ3) is 3.24. The molecule has 0 radical (unpaired) electrons. The van der Waals surface area contributed by atoms with Gasteiger partial charge in [0, 0.05) is 19.7 Å². The molecule has 0 bridgehead atoms. The summed E-state index contributed by atoms with van der Waals surface area (Å²) in [5, 5.41) is 11.3. The fourth-order valence-corrected chi connectivity index (χ4v) is 2.03. The van der Waals surface area contributed by atoms with Crippen molar-refractivity contribution < 1.29 is 4.92 Å². The summed E-state index contributed by atoms with van der Waals surface area (Å²) in [7, 11) is 1.76. The summed E-state index contributed by atoms with van der Waals surface area (Å²) in [5.41, 5.74) is 2.17. The largest absolute Gasteiger partial charge is 0.350 e. The third-order valence-electron chi connectivity index (χ3n) is 2.92. The molecule has 0 aliphatic heterocycles. The number of nitro groups is 1. The van der Waals surface area contributed by atoms with Crippen molar-refractivity contribution in [3.05, 3.63) is 62.8 Å². The van der Waals surface area contributed by atoms with Crippen molar-refractivity contribution in [1.82, 2.24) is 4.98 Å². The van der Waals surface area contributed by atoms with Gasteiger partial charge < -0.3 is 4.90 Å². The van der Waals surface area contributed by atoms with Crippen LogP contribution in [0, 0.1) is 17.0 Å². The van der Waals surface area contributed by atoms with E-state index in [1.807, 2.05) is 31.2 Å². The fraction of sp³-hybridized carbons (Fsp3) is 0.214. The van der Waals surface area contributed by atoms with E-state index in [1.54, 1.807) is 11.9 Å².